The molecule has 3 heterocycles. The van der Waals surface area contributed by atoms with Crippen LogP contribution in [0.1, 0.15) is 35.5 Å². The maximum absolute atomic E-state index is 12.2. The van der Waals surface area contributed by atoms with Gasteiger partial charge in [0.2, 0.25) is 0 Å². The van der Waals surface area contributed by atoms with Crippen LogP contribution in [0.15, 0.2) is 10.6 Å². The van der Waals surface area contributed by atoms with Crippen LogP contribution < -0.4 is 5.32 Å². The number of carbonyl (C=O) groups excluding carboxylic acids is 1. The number of nitrogens with one attached hydrogen (secondary N) is 1. The third-order valence-corrected chi connectivity index (χ3v) is 3.66. The van der Waals surface area contributed by atoms with E-state index < -0.39 is 0 Å². The maximum atomic E-state index is 12.2. The lowest BCUT2D eigenvalue weighted by Crippen LogP contribution is -2.39. The van der Waals surface area contributed by atoms with Gasteiger partial charge in [-0.15, -0.1) is 0 Å². The van der Waals surface area contributed by atoms with Crippen LogP contribution >= 0.6 is 0 Å². The zero-order valence-corrected chi connectivity index (χ0v) is 9.98. The van der Waals surface area contributed by atoms with Crippen LogP contribution in [0.3, 0.4) is 0 Å². The first kappa shape index (κ1) is 10.8. The molecule has 0 saturated carbocycles. The number of rotatable bonds is 1. The average Bonchev–Trinajstić information content (AvgIpc) is 2.84. The van der Waals surface area contributed by atoms with Crippen molar-refractivity contribution >= 4 is 5.91 Å². The maximum Gasteiger partial charge on any atom is 0.276 e. The van der Waals surface area contributed by atoms with Gasteiger partial charge < -0.3 is 14.7 Å². The van der Waals surface area contributed by atoms with Crippen LogP contribution in [0.5, 0.6) is 0 Å². The lowest BCUT2D eigenvalue weighted by Gasteiger charge is -2.23. The van der Waals surface area contributed by atoms with Crippen molar-refractivity contribution in [3.63, 3.8) is 0 Å². The summed E-state index contributed by atoms with van der Waals surface area (Å²) >= 11 is 0. The Morgan fingerprint density at radius 1 is 1.47 bits per heavy atom. The monoisotopic (exact) mass is 235 g/mol. The summed E-state index contributed by atoms with van der Waals surface area (Å²) in [5.41, 5.74) is 0.431. The second-order valence-corrected chi connectivity index (χ2v) is 5.00. The lowest BCUT2D eigenvalue weighted by molar-refractivity contribution is 0.0737. The molecule has 2 aliphatic heterocycles. The van der Waals surface area contributed by atoms with E-state index in [1.165, 1.54) is 12.8 Å². The van der Waals surface area contributed by atoms with E-state index in [1.807, 2.05) is 4.90 Å². The number of nitrogens with zero attached hydrogens (tertiary/aromatic N) is 2. The van der Waals surface area contributed by atoms with Gasteiger partial charge in [0.05, 0.1) is 0 Å². The highest BCUT2D eigenvalue weighted by atomic mass is 16.5. The number of aromatic nitrogens is 1. The van der Waals surface area contributed by atoms with Crippen molar-refractivity contribution in [3.8, 4) is 0 Å². The van der Waals surface area contributed by atoms with Crippen molar-refractivity contribution in [2.75, 3.05) is 13.1 Å². The normalized spacial score (nSPS) is 28.2. The lowest BCUT2D eigenvalue weighted by atomic mass is 10.1. The third kappa shape index (κ3) is 2.07. The van der Waals surface area contributed by atoms with Crippen molar-refractivity contribution in [1.82, 2.24) is 15.4 Å². The van der Waals surface area contributed by atoms with E-state index in [4.69, 9.17) is 4.52 Å². The summed E-state index contributed by atoms with van der Waals surface area (Å²) in [6.07, 6.45) is 3.46. The zero-order chi connectivity index (χ0) is 11.8. The van der Waals surface area contributed by atoms with Gasteiger partial charge in [0.15, 0.2) is 5.69 Å². The van der Waals surface area contributed by atoms with Gasteiger partial charge in [0, 0.05) is 31.2 Å². The van der Waals surface area contributed by atoms with Crippen molar-refractivity contribution < 1.29 is 9.32 Å². The predicted octanol–water partition coefficient (Wildman–Crippen LogP) is 0.950. The molecule has 3 rings (SSSR count). The Bertz CT molecular complexity index is 429. The first-order chi connectivity index (χ1) is 8.22. The molecule has 0 unspecified atom stereocenters. The van der Waals surface area contributed by atoms with Gasteiger partial charge in [-0.3, -0.25) is 4.79 Å². The Labute approximate surface area is 100 Å². The molecule has 1 aromatic heterocycles. The van der Waals surface area contributed by atoms with Crippen molar-refractivity contribution in [3.05, 3.63) is 17.5 Å². The topological polar surface area (TPSA) is 58.4 Å². The van der Waals surface area contributed by atoms with Gasteiger partial charge in [-0.25, -0.2) is 0 Å². The second-order valence-electron chi connectivity index (χ2n) is 5.00. The van der Waals surface area contributed by atoms with E-state index in [9.17, 15) is 4.79 Å². The molecule has 0 aromatic carbocycles. The molecular formula is C12H17N3O2. The number of likely N-dealkylation sites (tertiary alicyclic amines) is 1. The highest BCUT2D eigenvalue weighted by Crippen LogP contribution is 2.21. The Hall–Kier alpha value is -1.36. The molecule has 0 radical (unpaired) electrons. The van der Waals surface area contributed by atoms with E-state index in [0.29, 0.717) is 23.5 Å². The molecule has 17 heavy (non-hydrogen) atoms. The van der Waals surface area contributed by atoms with Crippen molar-refractivity contribution in [1.29, 1.82) is 0 Å². The summed E-state index contributed by atoms with van der Waals surface area (Å²) in [6.45, 7) is 3.41. The van der Waals surface area contributed by atoms with Gasteiger partial charge in [0.25, 0.3) is 5.91 Å². The predicted molar refractivity (Wildman–Crippen MR) is 61.7 cm³/mol. The van der Waals surface area contributed by atoms with Crippen molar-refractivity contribution in [2.24, 2.45) is 0 Å². The number of hydrogen-bond donors (Lipinski definition) is 1. The molecule has 92 valence electrons. The molecule has 1 aromatic rings. The molecule has 2 fully saturated rings. The summed E-state index contributed by atoms with van der Waals surface area (Å²) in [7, 11) is 0. The number of hydrogen-bond acceptors (Lipinski definition) is 4. The SMILES string of the molecule is Cc1cc(C(=O)N2CC[C@H]3CC[C@@H](C2)N3)no1. The number of aryl methyl sites for hydroxylation is 1. The quantitative estimate of drug-likeness (QED) is 0.787. The molecule has 1 amide bonds. The first-order valence-electron chi connectivity index (χ1n) is 6.21. The minimum atomic E-state index is -0.00352. The van der Waals surface area contributed by atoms with E-state index >= 15 is 0 Å². The Kier molecular flexibility index (Phi) is 2.63. The van der Waals surface area contributed by atoms with Gasteiger partial charge in [-0.1, -0.05) is 5.16 Å². The molecule has 2 aliphatic rings. The standard InChI is InChI=1S/C12H17N3O2/c1-8-6-11(14-17-8)12(16)15-5-4-9-2-3-10(7-15)13-9/h6,9-10,13H,2-5,7H2,1H3/t9-,10+/m1/s1. The van der Waals surface area contributed by atoms with Gasteiger partial charge in [-0.05, 0) is 26.2 Å². The fourth-order valence-corrected chi connectivity index (χ4v) is 2.76. The summed E-state index contributed by atoms with van der Waals surface area (Å²) in [5, 5.41) is 7.35. The number of carbonyl (C=O) groups is 1. The minimum Gasteiger partial charge on any atom is -0.361 e. The molecule has 5 heteroatoms. The molecule has 0 aliphatic carbocycles. The zero-order valence-electron chi connectivity index (χ0n) is 9.98. The van der Waals surface area contributed by atoms with Gasteiger partial charge in [-0.2, -0.15) is 0 Å². The van der Waals surface area contributed by atoms with Crippen molar-refractivity contribution in [2.45, 2.75) is 38.3 Å². The average molecular weight is 235 g/mol. The molecule has 2 atom stereocenters. The number of fused-ring (bicyclic) bond motifs is 2. The molecule has 2 saturated heterocycles. The van der Waals surface area contributed by atoms with Crippen LogP contribution in [0, 0.1) is 6.92 Å². The second kappa shape index (κ2) is 4.14. The molecular weight excluding hydrogens is 218 g/mol. The smallest absolute Gasteiger partial charge is 0.276 e. The Balaban J connectivity index is 1.73. The fourth-order valence-electron chi connectivity index (χ4n) is 2.76. The molecule has 2 bridgehead atoms. The minimum absolute atomic E-state index is 0.00352. The highest BCUT2D eigenvalue weighted by Gasteiger charge is 2.32. The van der Waals surface area contributed by atoms with Crippen LogP contribution in [-0.2, 0) is 0 Å². The fraction of sp³-hybridized carbons (Fsp3) is 0.667. The van der Waals surface area contributed by atoms with Gasteiger partial charge in [0.1, 0.15) is 5.76 Å². The summed E-state index contributed by atoms with van der Waals surface area (Å²) in [6, 6.07) is 2.76. The summed E-state index contributed by atoms with van der Waals surface area (Å²) in [4.78, 5) is 14.1. The molecule has 1 N–H and O–H groups in total. The molecule has 0 spiro atoms. The van der Waals surface area contributed by atoms with E-state index in [2.05, 4.69) is 10.5 Å². The largest absolute Gasteiger partial charge is 0.361 e. The first-order valence-corrected chi connectivity index (χ1v) is 6.21. The highest BCUT2D eigenvalue weighted by molar-refractivity contribution is 5.92. The van der Waals surface area contributed by atoms with E-state index in [0.717, 1.165) is 19.5 Å². The Morgan fingerprint density at radius 2 is 2.29 bits per heavy atom. The summed E-state index contributed by atoms with van der Waals surface area (Å²) < 4.78 is 4.96. The van der Waals surface area contributed by atoms with Crippen LogP contribution in [0.2, 0.25) is 0 Å². The van der Waals surface area contributed by atoms with Crippen LogP contribution in [0.4, 0.5) is 0 Å². The third-order valence-electron chi connectivity index (χ3n) is 3.66. The van der Waals surface area contributed by atoms with Crippen LogP contribution in [0.25, 0.3) is 0 Å². The molecule has 5 nitrogen and oxygen atoms in total. The van der Waals surface area contributed by atoms with Crippen LogP contribution in [-0.4, -0.2) is 41.1 Å². The Morgan fingerprint density at radius 3 is 3.06 bits per heavy atom. The number of amides is 1. The van der Waals surface area contributed by atoms with E-state index in [-0.39, 0.29) is 5.91 Å². The van der Waals surface area contributed by atoms with Gasteiger partial charge >= 0.3 is 0 Å². The summed E-state index contributed by atoms with van der Waals surface area (Å²) in [5.74, 6) is 0.680. The van der Waals surface area contributed by atoms with E-state index in [1.54, 1.807) is 13.0 Å².